The van der Waals surface area contributed by atoms with Crippen molar-refractivity contribution in [2.45, 2.75) is 12.8 Å². The molecule has 4 nitrogen and oxygen atoms in total. The van der Waals surface area contributed by atoms with Gasteiger partial charge < -0.3 is 14.7 Å². The van der Waals surface area contributed by atoms with Crippen molar-refractivity contribution in [3.05, 3.63) is 29.6 Å². The van der Waals surface area contributed by atoms with Gasteiger partial charge in [-0.2, -0.15) is 0 Å². The molecule has 0 aromatic heterocycles. The highest BCUT2D eigenvalue weighted by Gasteiger charge is 2.21. The summed E-state index contributed by atoms with van der Waals surface area (Å²) >= 11 is 0. The molecule has 1 aromatic carbocycles. The monoisotopic (exact) mass is 267 g/mol. The highest BCUT2D eigenvalue weighted by Crippen LogP contribution is 2.28. The number of benzene rings is 1. The number of nitrogens with zero attached hydrogens (tertiary/aromatic N) is 1. The number of hydrogen-bond donors (Lipinski definition) is 1. The second kappa shape index (κ2) is 6.02. The van der Waals surface area contributed by atoms with Gasteiger partial charge in [0.15, 0.2) is 0 Å². The third kappa shape index (κ3) is 3.67. The lowest BCUT2D eigenvalue weighted by Gasteiger charge is -2.21. The Bertz CT molecular complexity index is 460. The van der Waals surface area contributed by atoms with Crippen LogP contribution in [-0.4, -0.2) is 37.9 Å². The van der Waals surface area contributed by atoms with E-state index in [1.807, 2.05) is 0 Å². The molecule has 0 heterocycles. The first kappa shape index (κ1) is 13.8. The Balaban J connectivity index is 1.95. The van der Waals surface area contributed by atoms with Crippen LogP contribution in [0.4, 0.5) is 10.1 Å². The van der Waals surface area contributed by atoms with Crippen molar-refractivity contribution in [1.82, 2.24) is 0 Å². The Morgan fingerprint density at radius 1 is 1.53 bits per heavy atom. The Hall–Kier alpha value is -1.62. The first-order valence-electron chi connectivity index (χ1n) is 6.40. The van der Waals surface area contributed by atoms with E-state index < -0.39 is 11.8 Å². The van der Waals surface area contributed by atoms with Crippen LogP contribution in [-0.2, 0) is 4.74 Å². The SMILES string of the molecule is CN(CCOCC1CC1)c1cccc(F)c1C(=O)O. The van der Waals surface area contributed by atoms with Gasteiger partial charge in [0, 0.05) is 20.2 Å². The first-order chi connectivity index (χ1) is 9.09. The zero-order valence-electron chi connectivity index (χ0n) is 10.9. The van der Waals surface area contributed by atoms with E-state index in [0.717, 1.165) is 12.7 Å². The molecule has 0 atom stereocenters. The van der Waals surface area contributed by atoms with Gasteiger partial charge >= 0.3 is 5.97 Å². The van der Waals surface area contributed by atoms with Gasteiger partial charge in [-0.15, -0.1) is 0 Å². The number of carbonyl (C=O) groups is 1. The normalized spacial score (nSPS) is 14.4. The summed E-state index contributed by atoms with van der Waals surface area (Å²) in [6, 6.07) is 4.27. The van der Waals surface area contributed by atoms with Crippen molar-refractivity contribution >= 4 is 11.7 Å². The van der Waals surface area contributed by atoms with Gasteiger partial charge in [0.05, 0.1) is 12.3 Å². The van der Waals surface area contributed by atoms with Crippen LogP contribution < -0.4 is 4.90 Å². The molecule has 1 saturated carbocycles. The lowest BCUT2D eigenvalue weighted by Crippen LogP contribution is -2.25. The number of likely N-dealkylation sites (N-methyl/N-ethyl adjacent to an activating group) is 1. The van der Waals surface area contributed by atoms with Crippen molar-refractivity contribution in [3.63, 3.8) is 0 Å². The molecule has 0 bridgehead atoms. The number of carboxylic acid groups (broad SMARTS) is 1. The highest BCUT2D eigenvalue weighted by molar-refractivity contribution is 5.94. The number of hydrogen-bond acceptors (Lipinski definition) is 3. The van der Waals surface area contributed by atoms with Crippen LogP contribution in [0.15, 0.2) is 18.2 Å². The molecular formula is C14H18FNO3. The summed E-state index contributed by atoms with van der Waals surface area (Å²) in [6.45, 7) is 1.82. The number of ether oxygens (including phenoxy) is 1. The van der Waals surface area contributed by atoms with Crippen molar-refractivity contribution in [3.8, 4) is 0 Å². The predicted molar refractivity (Wildman–Crippen MR) is 70.2 cm³/mol. The van der Waals surface area contributed by atoms with E-state index in [1.165, 1.54) is 18.9 Å². The molecule has 19 heavy (non-hydrogen) atoms. The van der Waals surface area contributed by atoms with Crippen molar-refractivity contribution in [2.75, 3.05) is 31.7 Å². The molecule has 1 fully saturated rings. The Morgan fingerprint density at radius 3 is 2.89 bits per heavy atom. The average Bonchev–Trinajstić information content (AvgIpc) is 3.17. The number of anilines is 1. The molecule has 0 radical (unpaired) electrons. The van der Waals surface area contributed by atoms with E-state index in [1.54, 1.807) is 18.0 Å². The summed E-state index contributed by atoms with van der Waals surface area (Å²) in [5, 5.41) is 9.05. The standard InChI is InChI=1S/C14H18FNO3/c1-16(7-8-19-9-10-5-6-10)12-4-2-3-11(15)13(12)14(17)18/h2-4,10H,5-9H2,1H3,(H,17,18). The van der Waals surface area contributed by atoms with E-state index in [0.29, 0.717) is 24.8 Å². The van der Waals surface area contributed by atoms with E-state index in [-0.39, 0.29) is 5.56 Å². The van der Waals surface area contributed by atoms with Gasteiger partial charge in [-0.3, -0.25) is 0 Å². The van der Waals surface area contributed by atoms with Crippen LogP contribution in [0.1, 0.15) is 23.2 Å². The van der Waals surface area contributed by atoms with Gasteiger partial charge in [0.1, 0.15) is 11.4 Å². The molecule has 1 aliphatic carbocycles. The molecule has 104 valence electrons. The minimum Gasteiger partial charge on any atom is -0.478 e. The zero-order chi connectivity index (χ0) is 13.8. The molecule has 1 aromatic rings. The van der Waals surface area contributed by atoms with E-state index in [2.05, 4.69) is 0 Å². The van der Waals surface area contributed by atoms with Crippen molar-refractivity contribution < 1.29 is 19.0 Å². The average molecular weight is 267 g/mol. The summed E-state index contributed by atoms with van der Waals surface area (Å²) in [5.41, 5.74) is 0.0923. The van der Waals surface area contributed by atoms with E-state index >= 15 is 0 Å². The maximum Gasteiger partial charge on any atom is 0.340 e. The number of rotatable bonds is 7. The molecule has 0 unspecified atom stereocenters. The minimum absolute atomic E-state index is 0.285. The molecular weight excluding hydrogens is 249 g/mol. The van der Waals surface area contributed by atoms with Gasteiger partial charge in [-0.25, -0.2) is 9.18 Å². The fourth-order valence-electron chi connectivity index (χ4n) is 1.90. The quantitative estimate of drug-likeness (QED) is 0.771. The Labute approximate surface area is 111 Å². The molecule has 5 heteroatoms. The third-order valence-electron chi connectivity index (χ3n) is 3.24. The molecule has 1 aliphatic rings. The second-order valence-electron chi connectivity index (χ2n) is 4.88. The summed E-state index contributed by atoms with van der Waals surface area (Å²) < 4.78 is 19.0. The summed E-state index contributed by atoms with van der Waals surface area (Å²) in [5.74, 6) is -1.26. The third-order valence-corrected chi connectivity index (χ3v) is 3.24. The fourth-order valence-corrected chi connectivity index (χ4v) is 1.90. The second-order valence-corrected chi connectivity index (χ2v) is 4.88. The van der Waals surface area contributed by atoms with Gasteiger partial charge in [0.2, 0.25) is 0 Å². The summed E-state index contributed by atoms with van der Waals surface area (Å²) in [4.78, 5) is 12.8. The number of halogens is 1. The zero-order valence-corrected chi connectivity index (χ0v) is 10.9. The highest BCUT2D eigenvalue weighted by atomic mass is 19.1. The van der Waals surface area contributed by atoms with Gasteiger partial charge in [-0.1, -0.05) is 6.07 Å². The topological polar surface area (TPSA) is 49.8 Å². The molecule has 1 N–H and O–H groups in total. The number of aromatic carboxylic acids is 1. The van der Waals surface area contributed by atoms with Crippen LogP contribution in [0.5, 0.6) is 0 Å². The summed E-state index contributed by atoms with van der Waals surface area (Å²) in [6.07, 6.45) is 2.48. The van der Waals surface area contributed by atoms with Crippen LogP contribution in [0, 0.1) is 11.7 Å². The van der Waals surface area contributed by atoms with E-state index in [4.69, 9.17) is 9.84 Å². The number of carboxylic acids is 1. The lowest BCUT2D eigenvalue weighted by atomic mass is 10.1. The van der Waals surface area contributed by atoms with E-state index in [9.17, 15) is 9.18 Å². The summed E-state index contributed by atoms with van der Waals surface area (Å²) in [7, 11) is 1.74. The maximum atomic E-state index is 13.5. The van der Waals surface area contributed by atoms with Gasteiger partial charge in [0.25, 0.3) is 0 Å². The molecule has 0 spiro atoms. The fraction of sp³-hybridized carbons (Fsp3) is 0.500. The largest absolute Gasteiger partial charge is 0.478 e. The Morgan fingerprint density at radius 2 is 2.26 bits per heavy atom. The molecule has 0 amide bonds. The van der Waals surface area contributed by atoms with Crippen LogP contribution in [0.25, 0.3) is 0 Å². The lowest BCUT2D eigenvalue weighted by molar-refractivity contribution is 0.0692. The molecule has 2 rings (SSSR count). The van der Waals surface area contributed by atoms with Crippen molar-refractivity contribution in [2.24, 2.45) is 5.92 Å². The smallest absolute Gasteiger partial charge is 0.340 e. The van der Waals surface area contributed by atoms with Crippen LogP contribution >= 0.6 is 0 Å². The molecule has 0 aliphatic heterocycles. The van der Waals surface area contributed by atoms with Crippen LogP contribution in [0.3, 0.4) is 0 Å². The predicted octanol–water partition coefficient (Wildman–Crippen LogP) is 2.39. The molecule has 0 saturated heterocycles. The van der Waals surface area contributed by atoms with Gasteiger partial charge in [-0.05, 0) is 30.9 Å². The maximum absolute atomic E-state index is 13.5. The van der Waals surface area contributed by atoms with Crippen LogP contribution in [0.2, 0.25) is 0 Å². The Kier molecular flexibility index (Phi) is 4.37. The van der Waals surface area contributed by atoms with Crippen molar-refractivity contribution in [1.29, 1.82) is 0 Å². The first-order valence-corrected chi connectivity index (χ1v) is 6.40. The minimum atomic E-state index is -1.25.